The van der Waals surface area contributed by atoms with E-state index in [2.05, 4.69) is 5.32 Å². The van der Waals surface area contributed by atoms with E-state index >= 15 is 0 Å². The number of quaternary nitrogens is 1. The summed E-state index contributed by atoms with van der Waals surface area (Å²) in [4.78, 5) is 37.5. The van der Waals surface area contributed by atoms with Crippen molar-refractivity contribution >= 4 is 20.5 Å². The van der Waals surface area contributed by atoms with E-state index in [1.165, 1.54) is 13.8 Å². The van der Waals surface area contributed by atoms with Gasteiger partial charge in [-0.2, -0.15) is 0 Å². The second-order valence-corrected chi connectivity index (χ2v) is 11.5. The SMILES string of the molecule is CC[N+](CC)(CC)O[PH+]([O-])OC[C@H]1C[C@H](OC(C)=[O+])[C@@H](NC(C)=O)[C@@H](OCc2ccccc2)[C@@H]1OCc1ccccc1. The average molecular weight is 606 g/mol. The van der Waals surface area contributed by atoms with E-state index in [0.717, 1.165) is 11.1 Å². The molecule has 1 fully saturated rings. The highest BCUT2D eigenvalue weighted by molar-refractivity contribution is 7.38. The minimum Gasteiger partial charge on any atom is -0.628 e. The molecule has 11 heteroatoms. The highest BCUT2D eigenvalue weighted by Gasteiger charge is 2.52. The number of amides is 1. The molecule has 42 heavy (non-hydrogen) atoms. The lowest BCUT2D eigenvalue weighted by Crippen LogP contribution is -2.63. The lowest BCUT2D eigenvalue weighted by Gasteiger charge is -2.43. The zero-order chi connectivity index (χ0) is 30.5. The van der Waals surface area contributed by atoms with Crippen molar-refractivity contribution in [1.29, 1.82) is 0 Å². The van der Waals surface area contributed by atoms with Crippen molar-refractivity contribution in [2.45, 2.75) is 78.6 Å². The summed E-state index contributed by atoms with van der Waals surface area (Å²) >= 11 is 0. The lowest BCUT2D eigenvalue weighted by atomic mass is 9.79. The van der Waals surface area contributed by atoms with Crippen LogP contribution >= 0.6 is 8.60 Å². The number of hydrogen-bond donors (Lipinski definition) is 1. The summed E-state index contributed by atoms with van der Waals surface area (Å²) in [6.45, 7) is 11.2. The minimum absolute atomic E-state index is 0.0319. The van der Waals surface area contributed by atoms with Crippen molar-refractivity contribution in [2.75, 3.05) is 26.2 Å². The van der Waals surface area contributed by atoms with Gasteiger partial charge in [0.15, 0.2) is 0 Å². The Morgan fingerprint density at radius 2 is 1.45 bits per heavy atom. The summed E-state index contributed by atoms with van der Waals surface area (Å²) < 4.78 is 30.7. The van der Waals surface area contributed by atoms with Gasteiger partial charge in [-0.1, -0.05) is 60.7 Å². The second kappa shape index (κ2) is 17.0. The van der Waals surface area contributed by atoms with Crippen LogP contribution in [0, 0.1) is 5.92 Å². The first-order valence-electron chi connectivity index (χ1n) is 14.7. The number of ether oxygens (including phenoxy) is 3. The van der Waals surface area contributed by atoms with Gasteiger partial charge in [-0.3, -0.25) is 4.79 Å². The molecule has 0 spiro atoms. The second-order valence-electron chi connectivity index (χ2n) is 10.6. The fourth-order valence-corrected chi connectivity index (χ4v) is 6.46. The number of nitrogens with one attached hydrogen (secondary N) is 1. The smallest absolute Gasteiger partial charge is 0.571 e. The number of benzene rings is 2. The minimum atomic E-state index is -2.87. The van der Waals surface area contributed by atoms with E-state index in [4.69, 9.17) is 23.4 Å². The molecule has 1 aliphatic carbocycles. The molecule has 1 radical (unpaired) electrons. The predicted octanol–water partition coefficient (Wildman–Crippen LogP) is 3.76. The molecule has 6 atom stereocenters. The number of carbonyl (C=O) groups excluding carboxylic acids is 2. The molecule has 0 aromatic heterocycles. The molecule has 3 rings (SSSR count). The Morgan fingerprint density at radius 1 is 0.929 bits per heavy atom. The molecule has 1 aliphatic rings. The fourth-order valence-electron chi connectivity index (χ4n) is 5.36. The first kappa shape index (κ1) is 34.1. The highest BCUT2D eigenvalue weighted by Crippen LogP contribution is 2.38. The van der Waals surface area contributed by atoms with E-state index in [0.29, 0.717) is 26.1 Å². The Kier molecular flexibility index (Phi) is 13.8. The van der Waals surface area contributed by atoms with Crippen molar-refractivity contribution in [3.63, 3.8) is 0 Å². The summed E-state index contributed by atoms with van der Waals surface area (Å²) in [5.41, 5.74) is 1.90. The van der Waals surface area contributed by atoms with E-state index in [1.54, 1.807) is 0 Å². The van der Waals surface area contributed by atoms with Crippen LogP contribution in [0.3, 0.4) is 0 Å². The first-order chi connectivity index (χ1) is 20.2. The van der Waals surface area contributed by atoms with Crippen LogP contribution in [0.5, 0.6) is 0 Å². The van der Waals surface area contributed by atoms with Crippen LogP contribution in [0.4, 0.5) is 0 Å². The molecule has 0 heterocycles. The summed E-state index contributed by atoms with van der Waals surface area (Å²) in [5, 5.41) is 2.95. The Bertz CT molecular complexity index is 1080. The normalized spacial score (nSPS) is 23.2. The topological polar surface area (TPSA) is 118 Å². The summed E-state index contributed by atoms with van der Waals surface area (Å²) in [6.07, 6.45) is -1.70. The molecule has 231 valence electrons. The number of nitrogens with zero attached hydrogens (tertiary/aromatic N) is 1. The van der Waals surface area contributed by atoms with Crippen molar-refractivity contribution in [1.82, 2.24) is 5.32 Å². The van der Waals surface area contributed by atoms with Gasteiger partial charge in [0.1, 0.15) is 31.8 Å². The predicted molar refractivity (Wildman–Crippen MR) is 159 cm³/mol. The van der Waals surface area contributed by atoms with Gasteiger partial charge in [-0.05, 0) is 36.5 Å². The van der Waals surface area contributed by atoms with Crippen LogP contribution in [-0.4, -0.2) is 67.1 Å². The van der Waals surface area contributed by atoms with Crippen LogP contribution in [0.1, 0.15) is 52.2 Å². The van der Waals surface area contributed by atoms with Crippen molar-refractivity contribution in [3.8, 4) is 0 Å². The molecule has 1 amide bonds. The number of hydroxylamine groups is 3. The monoisotopic (exact) mass is 605 g/mol. The summed E-state index contributed by atoms with van der Waals surface area (Å²) in [7, 11) is -2.87. The summed E-state index contributed by atoms with van der Waals surface area (Å²) in [6, 6.07) is 18.7. The third kappa shape index (κ3) is 10.1. The maximum atomic E-state index is 13.0. The van der Waals surface area contributed by atoms with Gasteiger partial charge < -0.3 is 24.4 Å². The lowest BCUT2D eigenvalue weighted by molar-refractivity contribution is -1.08. The van der Waals surface area contributed by atoms with E-state index < -0.39 is 38.9 Å². The van der Waals surface area contributed by atoms with Crippen LogP contribution in [0.15, 0.2) is 60.7 Å². The number of hydrogen-bond acceptors (Lipinski definition) is 8. The molecule has 2 aromatic rings. The molecule has 0 saturated heterocycles. The van der Waals surface area contributed by atoms with Crippen molar-refractivity contribution < 1.29 is 42.5 Å². The third-order valence-electron chi connectivity index (χ3n) is 7.75. The Hall–Kier alpha value is -2.43. The van der Waals surface area contributed by atoms with Crippen molar-refractivity contribution in [3.05, 3.63) is 71.8 Å². The van der Waals surface area contributed by atoms with Crippen molar-refractivity contribution in [2.24, 2.45) is 5.92 Å². The van der Waals surface area contributed by atoms with E-state index in [1.807, 2.05) is 81.4 Å². The number of carbonyl (C=O) groups is 2. The molecular formula is C31H46N2O8P+2. The van der Waals surface area contributed by atoms with Crippen LogP contribution in [0.25, 0.3) is 0 Å². The average Bonchev–Trinajstić information content (AvgIpc) is 2.99. The van der Waals surface area contributed by atoms with Gasteiger partial charge in [0.2, 0.25) is 12.0 Å². The number of esters is 1. The molecule has 0 aliphatic heterocycles. The van der Waals surface area contributed by atoms with E-state index in [-0.39, 0.29) is 36.3 Å². The van der Waals surface area contributed by atoms with Gasteiger partial charge in [0.05, 0.1) is 32.8 Å². The molecule has 0 bridgehead atoms. The quantitative estimate of drug-likeness (QED) is 0.101. The molecule has 1 N–H and O–H groups in total. The Morgan fingerprint density at radius 3 is 1.93 bits per heavy atom. The van der Waals surface area contributed by atoms with Crippen LogP contribution < -0.4 is 10.2 Å². The van der Waals surface area contributed by atoms with Gasteiger partial charge in [0.25, 0.3) is 8.60 Å². The molecular weight excluding hydrogens is 559 g/mol. The third-order valence-corrected chi connectivity index (χ3v) is 8.69. The van der Waals surface area contributed by atoms with Gasteiger partial charge >= 0.3 is 5.97 Å². The Balaban J connectivity index is 1.91. The zero-order valence-electron chi connectivity index (χ0n) is 25.3. The highest BCUT2D eigenvalue weighted by atomic mass is 31.2. The van der Waals surface area contributed by atoms with Crippen LogP contribution in [0.2, 0.25) is 0 Å². The fraction of sp³-hybridized carbons (Fsp3) is 0.548. The first-order valence-corrected chi connectivity index (χ1v) is 15.9. The van der Waals surface area contributed by atoms with Gasteiger partial charge in [-0.25, -0.2) is 4.52 Å². The van der Waals surface area contributed by atoms with E-state index in [9.17, 15) is 14.5 Å². The summed E-state index contributed by atoms with van der Waals surface area (Å²) in [5.74, 6) is -1.14. The maximum absolute atomic E-state index is 13.0. The molecule has 1 saturated carbocycles. The Labute approximate surface area is 250 Å². The largest absolute Gasteiger partial charge is 0.628 e. The molecule has 10 nitrogen and oxygen atoms in total. The zero-order valence-corrected chi connectivity index (χ0v) is 26.3. The number of rotatable bonds is 16. The van der Waals surface area contributed by atoms with Gasteiger partial charge in [0, 0.05) is 24.1 Å². The maximum Gasteiger partial charge on any atom is 0.571 e. The standard InChI is InChI=1S/C31H45N2O8P/c1-6-33(7-2,8-3)41-42(36)39-22-27-19-28(40-24(5)35)29(32-23(4)34)31(38-21-26-17-13-10-14-18-26)30(27)37-20-25-15-11-9-12-16-25/h9-18,27-31,42H,6-8,19-22H2,1-5H3/q+1/p+1/t27-,28+,29-,30-,31-/m1/s1. The molecule has 2 aromatic carbocycles. The van der Waals surface area contributed by atoms with Gasteiger partial charge in [-0.15, -0.1) is 4.65 Å². The van der Waals surface area contributed by atoms with Crippen LogP contribution in [-0.2, 0) is 46.2 Å². The molecule has 1 unspecified atom stereocenters.